The van der Waals surface area contributed by atoms with Gasteiger partial charge in [0.2, 0.25) is 0 Å². The maximum absolute atomic E-state index is 2.57. The van der Waals surface area contributed by atoms with E-state index >= 15 is 0 Å². The molecule has 1 atom stereocenters. The van der Waals surface area contributed by atoms with Gasteiger partial charge in [-0.25, -0.2) is 0 Å². The minimum Gasteiger partial charge on any atom is -0.299 e. The van der Waals surface area contributed by atoms with Crippen LogP contribution in [-0.4, -0.2) is 18.0 Å². The summed E-state index contributed by atoms with van der Waals surface area (Å²) in [4.78, 5) is 2.57. The van der Waals surface area contributed by atoms with Crippen LogP contribution in [0.25, 0.3) is 0 Å². The van der Waals surface area contributed by atoms with E-state index in [4.69, 9.17) is 0 Å². The van der Waals surface area contributed by atoms with Gasteiger partial charge in [0.1, 0.15) is 0 Å². The minimum atomic E-state index is 0.888. The fourth-order valence-corrected chi connectivity index (χ4v) is 2.38. The Morgan fingerprint density at radius 3 is 2.80 bits per heavy atom. The third-order valence-corrected chi connectivity index (χ3v) is 3.31. The third kappa shape index (κ3) is 2.82. The molecule has 1 heterocycles. The SMILES string of the molecule is CCc1cccc(CN2CCC(C)C2)c1. The Morgan fingerprint density at radius 1 is 1.33 bits per heavy atom. The summed E-state index contributed by atoms with van der Waals surface area (Å²) < 4.78 is 0. The highest BCUT2D eigenvalue weighted by molar-refractivity contribution is 5.23. The first-order valence-electron chi connectivity index (χ1n) is 6.08. The normalized spacial score (nSPS) is 22.1. The first-order chi connectivity index (χ1) is 7.28. The molecule has 1 nitrogen and oxygen atoms in total. The number of rotatable bonds is 3. The summed E-state index contributed by atoms with van der Waals surface area (Å²) in [5, 5.41) is 0. The number of benzene rings is 1. The summed E-state index contributed by atoms with van der Waals surface area (Å²) in [5.41, 5.74) is 2.93. The number of aryl methyl sites for hydroxylation is 1. The van der Waals surface area contributed by atoms with Crippen molar-refractivity contribution in [2.45, 2.75) is 33.2 Å². The number of nitrogens with zero attached hydrogens (tertiary/aromatic N) is 1. The quantitative estimate of drug-likeness (QED) is 0.729. The molecule has 0 N–H and O–H groups in total. The van der Waals surface area contributed by atoms with Crippen molar-refractivity contribution in [2.75, 3.05) is 13.1 Å². The van der Waals surface area contributed by atoms with E-state index in [1.807, 2.05) is 0 Å². The van der Waals surface area contributed by atoms with Gasteiger partial charge in [-0.2, -0.15) is 0 Å². The molecule has 0 aliphatic carbocycles. The number of likely N-dealkylation sites (tertiary alicyclic amines) is 1. The number of hydrogen-bond donors (Lipinski definition) is 0. The van der Waals surface area contributed by atoms with E-state index in [9.17, 15) is 0 Å². The van der Waals surface area contributed by atoms with Crippen LogP contribution in [0.5, 0.6) is 0 Å². The van der Waals surface area contributed by atoms with Crippen molar-refractivity contribution in [1.29, 1.82) is 0 Å². The Balaban J connectivity index is 1.98. The monoisotopic (exact) mass is 203 g/mol. The largest absolute Gasteiger partial charge is 0.299 e. The first-order valence-corrected chi connectivity index (χ1v) is 6.08. The molecule has 1 saturated heterocycles. The standard InChI is InChI=1S/C14H21N/c1-3-13-5-4-6-14(9-13)11-15-8-7-12(2)10-15/h4-6,9,12H,3,7-8,10-11H2,1-2H3. The van der Waals surface area contributed by atoms with Gasteiger partial charge in [0.05, 0.1) is 0 Å². The fraction of sp³-hybridized carbons (Fsp3) is 0.571. The van der Waals surface area contributed by atoms with Crippen molar-refractivity contribution in [3.63, 3.8) is 0 Å². The molecule has 2 rings (SSSR count). The molecule has 82 valence electrons. The van der Waals surface area contributed by atoms with Gasteiger partial charge in [-0.05, 0) is 36.4 Å². The van der Waals surface area contributed by atoms with Crippen molar-refractivity contribution in [3.8, 4) is 0 Å². The molecule has 0 aromatic heterocycles. The van der Waals surface area contributed by atoms with Crippen LogP contribution in [0, 0.1) is 5.92 Å². The van der Waals surface area contributed by atoms with E-state index in [1.54, 1.807) is 0 Å². The molecule has 1 aliphatic rings. The molecule has 0 amide bonds. The average molecular weight is 203 g/mol. The van der Waals surface area contributed by atoms with Crippen LogP contribution in [0.4, 0.5) is 0 Å². The molecule has 0 bridgehead atoms. The van der Waals surface area contributed by atoms with Gasteiger partial charge < -0.3 is 0 Å². The maximum Gasteiger partial charge on any atom is 0.0233 e. The maximum atomic E-state index is 2.57. The Labute approximate surface area is 93.1 Å². The smallest absolute Gasteiger partial charge is 0.0233 e. The van der Waals surface area contributed by atoms with Crippen LogP contribution >= 0.6 is 0 Å². The molecule has 1 unspecified atom stereocenters. The van der Waals surface area contributed by atoms with E-state index in [0.717, 1.165) is 18.9 Å². The van der Waals surface area contributed by atoms with Crippen LogP contribution in [0.15, 0.2) is 24.3 Å². The van der Waals surface area contributed by atoms with Gasteiger partial charge in [0.15, 0.2) is 0 Å². The lowest BCUT2D eigenvalue weighted by atomic mass is 10.1. The van der Waals surface area contributed by atoms with Crippen molar-refractivity contribution in [2.24, 2.45) is 5.92 Å². The molecule has 1 heteroatoms. The van der Waals surface area contributed by atoms with Gasteiger partial charge in [0.25, 0.3) is 0 Å². The molecular formula is C14H21N. The van der Waals surface area contributed by atoms with Crippen LogP contribution in [0.1, 0.15) is 31.4 Å². The molecule has 0 saturated carbocycles. The molecule has 0 spiro atoms. The Kier molecular flexibility index (Phi) is 3.42. The summed E-state index contributed by atoms with van der Waals surface area (Å²) in [6, 6.07) is 9.01. The predicted octanol–water partition coefficient (Wildman–Crippen LogP) is 3.09. The molecule has 1 aromatic rings. The summed E-state index contributed by atoms with van der Waals surface area (Å²) in [7, 11) is 0. The summed E-state index contributed by atoms with van der Waals surface area (Å²) in [6.07, 6.45) is 2.51. The Hall–Kier alpha value is -0.820. The van der Waals surface area contributed by atoms with E-state index in [-0.39, 0.29) is 0 Å². The zero-order valence-corrected chi connectivity index (χ0v) is 9.87. The van der Waals surface area contributed by atoms with Crippen molar-refractivity contribution in [1.82, 2.24) is 4.90 Å². The molecule has 0 radical (unpaired) electrons. The van der Waals surface area contributed by atoms with Crippen molar-refractivity contribution in [3.05, 3.63) is 35.4 Å². The summed E-state index contributed by atoms with van der Waals surface area (Å²) in [6.45, 7) is 8.26. The third-order valence-electron chi connectivity index (χ3n) is 3.31. The molecule has 1 aliphatic heterocycles. The summed E-state index contributed by atoms with van der Waals surface area (Å²) >= 11 is 0. The molecule has 1 aromatic carbocycles. The molecule has 1 fully saturated rings. The first kappa shape index (κ1) is 10.7. The van der Waals surface area contributed by atoms with Gasteiger partial charge in [0, 0.05) is 13.1 Å². The number of hydrogen-bond acceptors (Lipinski definition) is 1. The van der Waals surface area contributed by atoms with E-state index in [2.05, 4.69) is 43.0 Å². The lowest BCUT2D eigenvalue weighted by Gasteiger charge is -2.15. The zero-order valence-electron chi connectivity index (χ0n) is 9.87. The van der Waals surface area contributed by atoms with E-state index in [1.165, 1.54) is 30.6 Å². The Bertz CT molecular complexity index is 319. The zero-order chi connectivity index (χ0) is 10.7. The fourth-order valence-electron chi connectivity index (χ4n) is 2.38. The lowest BCUT2D eigenvalue weighted by Crippen LogP contribution is -2.19. The van der Waals surface area contributed by atoms with Gasteiger partial charge in [-0.1, -0.05) is 38.1 Å². The topological polar surface area (TPSA) is 3.24 Å². The highest BCUT2D eigenvalue weighted by Gasteiger charge is 2.18. The molecule has 15 heavy (non-hydrogen) atoms. The van der Waals surface area contributed by atoms with Crippen LogP contribution in [0.2, 0.25) is 0 Å². The van der Waals surface area contributed by atoms with Crippen LogP contribution in [-0.2, 0) is 13.0 Å². The summed E-state index contributed by atoms with van der Waals surface area (Å²) in [5.74, 6) is 0.888. The second-order valence-corrected chi connectivity index (χ2v) is 4.80. The van der Waals surface area contributed by atoms with Gasteiger partial charge in [-0.3, -0.25) is 4.90 Å². The van der Waals surface area contributed by atoms with E-state index in [0.29, 0.717) is 0 Å². The van der Waals surface area contributed by atoms with Crippen molar-refractivity contribution >= 4 is 0 Å². The second kappa shape index (κ2) is 4.80. The van der Waals surface area contributed by atoms with Crippen LogP contribution < -0.4 is 0 Å². The van der Waals surface area contributed by atoms with Gasteiger partial charge >= 0.3 is 0 Å². The predicted molar refractivity (Wildman–Crippen MR) is 64.9 cm³/mol. The second-order valence-electron chi connectivity index (χ2n) is 4.80. The van der Waals surface area contributed by atoms with E-state index < -0.39 is 0 Å². The van der Waals surface area contributed by atoms with Crippen molar-refractivity contribution < 1.29 is 0 Å². The average Bonchev–Trinajstić information content (AvgIpc) is 2.64. The Morgan fingerprint density at radius 2 is 2.13 bits per heavy atom. The highest BCUT2D eigenvalue weighted by atomic mass is 15.1. The van der Waals surface area contributed by atoms with Crippen LogP contribution in [0.3, 0.4) is 0 Å². The van der Waals surface area contributed by atoms with Gasteiger partial charge in [-0.15, -0.1) is 0 Å². The lowest BCUT2D eigenvalue weighted by molar-refractivity contribution is 0.320. The molecular weight excluding hydrogens is 182 g/mol. The highest BCUT2D eigenvalue weighted by Crippen LogP contribution is 2.18. The minimum absolute atomic E-state index is 0.888.